The Morgan fingerprint density at radius 3 is 2.68 bits per heavy atom. The lowest BCUT2D eigenvalue weighted by Crippen LogP contribution is -2.34. The molecule has 106 valence electrons. The zero-order valence-electron chi connectivity index (χ0n) is 11.4. The molecule has 4 unspecified atom stereocenters. The van der Waals surface area contributed by atoms with Crippen LogP contribution in [0.25, 0.3) is 0 Å². The van der Waals surface area contributed by atoms with Gasteiger partial charge in [0.25, 0.3) is 0 Å². The van der Waals surface area contributed by atoms with Gasteiger partial charge in [0.05, 0.1) is 7.11 Å². The third-order valence-corrected chi connectivity index (χ3v) is 7.05. The van der Waals surface area contributed by atoms with Crippen molar-refractivity contribution in [2.75, 3.05) is 12.9 Å². The molecule has 1 saturated heterocycles. The summed E-state index contributed by atoms with van der Waals surface area (Å²) in [7, 11) is 1.47. The van der Waals surface area contributed by atoms with E-state index in [2.05, 4.69) is 13.8 Å². The van der Waals surface area contributed by atoms with Crippen LogP contribution in [0.15, 0.2) is 18.2 Å². The van der Waals surface area contributed by atoms with E-state index in [1.165, 1.54) is 13.2 Å². The molecule has 0 aliphatic carbocycles. The number of thioether (sulfide) groups is 2. The molecule has 0 radical (unpaired) electrons. The molecule has 1 fully saturated rings. The highest BCUT2D eigenvalue weighted by molar-refractivity contribution is 8.07. The van der Waals surface area contributed by atoms with Crippen molar-refractivity contribution in [2.24, 2.45) is 5.73 Å². The summed E-state index contributed by atoms with van der Waals surface area (Å²) < 4.78 is 18.7. The third kappa shape index (κ3) is 3.38. The largest absolute Gasteiger partial charge is 0.494 e. The Bertz CT molecular complexity index is 443. The third-order valence-electron chi connectivity index (χ3n) is 3.54. The molecule has 4 atom stereocenters. The topological polar surface area (TPSA) is 35.2 Å². The lowest BCUT2D eigenvalue weighted by atomic mass is 10.0. The van der Waals surface area contributed by atoms with Crippen LogP contribution in [0.2, 0.25) is 0 Å². The Hall–Kier alpha value is -0.390. The molecule has 1 aromatic rings. The van der Waals surface area contributed by atoms with Gasteiger partial charge in [-0.05, 0) is 17.7 Å². The molecular formula is C14H20FNOS2. The molecule has 0 aromatic heterocycles. The number of benzene rings is 1. The lowest BCUT2D eigenvalue weighted by molar-refractivity contribution is 0.386. The van der Waals surface area contributed by atoms with Crippen molar-refractivity contribution in [3.63, 3.8) is 0 Å². The highest BCUT2D eigenvalue weighted by Gasteiger charge is 2.30. The van der Waals surface area contributed by atoms with Gasteiger partial charge in [-0.2, -0.15) is 23.5 Å². The van der Waals surface area contributed by atoms with E-state index in [0.29, 0.717) is 15.7 Å². The maximum absolute atomic E-state index is 13.7. The molecule has 19 heavy (non-hydrogen) atoms. The molecule has 2 rings (SSSR count). The zero-order valence-corrected chi connectivity index (χ0v) is 13.1. The maximum Gasteiger partial charge on any atom is 0.165 e. The van der Waals surface area contributed by atoms with E-state index in [-0.39, 0.29) is 17.6 Å². The van der Waals surface area contributed by atoms with E-state index >= 15 is 0 Å². The first-order valence-corrected chi connectivity index (χ1v) is 8.38. The van der Waals surface area contributed by atoms with Gasteiger partial charge in [0.1, 0.15) is 0 Å². The van der Waals surface area contributed by atoms with E-state index in [9.17, 15) is 4.39 Å². The Balaban J connectivity index is 2.11. The zero-order chi connectivity index (χ0) is 14.0. The van der Waals surface area contributed by atoms with Crippen LogP contribution in [0.5, 0.6) is 5.75 Å². The molecule has 2 nitrogen and oxygen atoms in total. The second-order valence-electron chi connectivity index (χ2n) is 4.84. The quantitative estimate of drug-likeness (QED) is 0.927. The number of hydrogen-bond donors (Lipinski definition) is 1. The number of nitrogens with two attached hydrogens (primary N) is 1. The molecule has 0 bridgehead atoms. The van der Waals surface area contributed by atoms with E-state index < -0.39 is 0 Å². The van der Waals surface area contributed by atoms with E-state index in [4.69, 9.17) is 10.5 Å². The molecule has 2 N–H and O–H groups in total. The fourth-order valence-corrected chi connectivity index (χ4v) is 5.15. The van der Waals surface area contributed by atoms with Crippen molar-refractivity contribution in [2.45, 2.75) is 35.6 Å². The van der Waals surface area contributed by atoms with Gasteiger partial charge in [-0.25, -0.2) is 4.39 Å². The van der Waals surface area contributed by atoms with Crippen LogP contribution in [-0.4, -0.2) is 28.6 Å². The van der Waals surface area contributed by atoms with Crippen molar-refractivity contribution in [1.29, 1.82) is 0 Å². The van der Waals surface area contributed by atoms with Gasteiger partial charge < -0.3 is 10.5 Å². The highest BCUT2D eigenvalue weighted by atomic mass is 32.2. The minimum Gasteiger partial charge on any atom is -0.494 e. The van der Waals surface area contributed by atoms with Crippen molar-refractivity contribution in [1.82, 2.24) is 0 Å². The van der Waals surface area contributed by atoms with Gasteiger partial charge >= 0.3 is 0 Å². The number of rotatable bonds is 3. The summed E-state index contributed by atoms with van der Waals surface area (Å²) in [6.07, 6.45) is 0. The van der Waals surface area contributed by atoms with Crippen LogP contribution in [0.4, 0.5) is 4.39 Å². The standard InChI is InChI=1S/C14H20FNOS2/c1-8-9(2)19-13(7-18-8)14(16)10-4-5-12(17-3)11(15)6-10/h4-6,8-9,13-14H,7,16H2,1-3H3. The molecule has 1 aliphatic rings. The van der Waals surface area contributed by atoms with Gasteiger partial charge in [0, 0.05) is 27.5 Å². The van der Waals surface area contributed by atoms with Crippen molar-refractivity contribution in [3.05, 3.63) is 29.6 Å². The first-order chi connectivity index (χ1) is 9.02. The van der Waals surface area contributed by atoms with E-state index in [0.717, 1.165) is 11.3 Å². The molecular weight excluding hydrogens is 281 g/mol. The van der Waals surface area contributed by atoms with Gasteiger partial charge in [0.2, 0.25) is 0 Å². The summed E-state index contributed by atoms with van der Waals surface area (Å²) in [5.74, 6) is 0.944. The lowest BCUT2D eigenvalue weighted by Gasteiger charge is -2.34. The van der Waals surface area contributed by atoms with E-state index in [1.807, 2.05) is 29.6 Å². The molecule has 1 aliphatic heterocycles. The molecule has 0 spiro atoms. The predicted octanol–water partition coefficient (Wildman–Crippen LogP) is 3.46. The first kappa shape index (κ1) is 15.0. The minimum absolute atomic E-state index is 0.132. The van der Waals surface area contributed by atoms with Crippen LogP contribution in [0, 0.1) is 5.82 Å². The summed E-state index contributed by atoms with van der Waals surface area (Å²) in [5.41, 5.74) is 7.14. The Morgan fingerprint density at radius 2 is 2.11 bits per heavy atom. The SMILES string of the molecule is COc1ccc(C(N)C2CSC(C)C(C)S2)cc1F. The van der Waals surface area contributed by atoms with Crippen LogP contribution in [0.3, 0.4) is 0 Å². The summed E-state index contributed by atoms with van der Waals surface area (Å²) in [5, 5.41) is 1.57. The fraction of sp³-hybridized carbons (Fsp3) is 0.571. The van der Waals surface area contributed by atoms with Gasteiger partial charge in [0.15, 0.2) is 11.6 Å². The maximum atomic E-state index is 13.7. The average Bonchev–Trinajstić information content (AvgIpc) is 2.41. The second-order valence-corrected chi connectivity index (χ2v) is 7.87. The molecule has 0 amide bonds. The van der Waals surface area contributed by atoms with E-state index in [1.54, 1.807) is 6.07 Å². The second kappa shape index (κ2) is 6.37. The normalized spacial score (nSPS) is 29.0. The molecule has 0 saturated carbocycles. The fourth-order valence-electron chi connectivity index (χ4n) is 2.10. The molecule has 5 heteroatoms. The van der Waals surface area contributed by atoms with Crippen LogP contribution >= 0.6 is 23.5 Å². The summed E-state index contributed by atoms with van der Waals surface area (Å²) in [4.78, 5) is 0. The number of methoxy groups -OCH3 is 1. The number of ether oxygens (including phenoxy) is 1. The predicted molar refractivity (Wildman–Crippen MR) is 82.6 cm³/mol. The van der Waals surface area contributed by atoms with Crippen LogP contribution in [0.1, 0.15) is 25.5 Å². The molecule has 1 aromatic carbocycles. The Labute approximate surface area is 122 Å². The van der Waals surface area contributed by atoms with Crippen LogP contribution in [-0.2, 0) is 0 Å². The van der Waals surface area contributed by atoms with Crippen molar-refractivity contribution >= 4 is 23.5 Å². The minimum atomic E-state index is -0.342. The summed E-state index contributed by atoms with van der Waals surface area (Å²) in [6, 6.07) is 4.88. The highest BCUT2D eigenvalue weighted by Crippen LogP contribution is 2.40. The van der Waals surface area contributed by atoms with Crippen molar-refractivity contribution in [3.8, 4) is 5.75 Å². The smallest absolute Gasteiger partial charge is 0.165 e. The average molecular weight is 301 g/mol. The number of hydrogen-bond acceptors (Lipinski definition) is 4. The monoisotopic (exact) mass is 301 g/mol. The van der Waals surface area contributed by atoms with Crippen molar-refractivity contribution < 1.29 is 9.13 Å². The first-order valence-electron chi connectivity index (χ1n) is 6.39. The summed E-state index contributed by atoms with van der Waals surface area (Å²) in [6.45, 7) is 4.48. The van der Waals surface area contributed by atoms with Gasteiger partial charge in [-0.1, -0.05) is 19.9 Å². The molecule has 1 heterocycles. The Morgan fingerprint density at radius 1 is 1.37 bits per heavy atom. The summed E-state index contributed by atoms with van der Waals surface area (Å²) >= 11 is 3.86. The van der Waals surface area contributed by atoms with Gasteiger partial charge in [-0.15, -0.1) is 0 Å². The van der Waals surface area contributed by atoms with Gasteiger partial charge in [-0.3, -0.25) is 0 Å². The number of halogens is 1. The Kier molecular flexibility index (Phi) is 5.03. The van der Waals surface area contributed by atoms with Crippen LogP contribution < -0.4 is 10.5 Å².